The molecular weight excluding hydrogens is 438 g/mol. The van der Waals surface area contributed by atoms with Gasteiger partial charge < -0.3 is 24.7 Å². The van der Waals surface area contributed by atoms with Crippen LogP contribution in [0.4, 0.5) is 5.69 Å². The molecule has 3 heterocycles. The van der Waals surface area contributed by atoms with Crippen LogP contribution in [0.2, 0.25) is 0 Å². The van der Waals surface area contributed by atoms with Crippen LogP contribution in [0.25, 0.3) is 10.9 Å². The molecule has 6 heteroatoms. The third-order valence-corrected chi connectivity index (χ3v) is 6.91. The van der Waals surface area contributed by atoms with Gasteiger partial charge in [0.1, 0.15) is 17.6 Å². The summed E-state index contributed by atoms with van der Waals surface area (Å²) >= 11 is 0. The number of aryl methyl sites for hydroxylation is 2. The van der Waals surface area contributed by atoms with Crippen LogP contribution in [0.1, 0.15) is 59.1 Å². The Labute approximate surface area is 206 Å². The SMILES string of the molecule is Cc1ccc(C(NC(=O)Cc2ccc3c(CO)c[nH]c3c2)c2ccc(C)o2)c(N2CCCCC2)c1. The average molecular weight is 472 g/mol. The van der Waals surface area contributed by atoms with Crippen molar-refractivity contribution in [2.24, 2.45) is 0 Å². The molecule has 1 fully saturated rings. The molecule has 0 spiro atoms. The van der Waals surface area contributed by atoms with Gasteiger partial charge in [-0.05, 0) is 68.5 Å². The number of amides is 1. The number of aromatic amines is 1. The second-order valence-electron chi connectivity index (χ2n) is 9.59. The number of hydrogen-bond donors (Lipinski definition) is 3. The maximum atomic E-state index is 13.3. The van der Waals surface area contributed by atoms with Gasteiger partial charge in [0.15, 0.2) is 0 Å². The van der Waals surface area contributed by atoms with Crippen LogP contribution in [-0.2, 0) is 17.8 Å². The van der Waals surface area contributed by atoms with Crippen molar-refractivity contribution < 1.29 is 14.3 Å². The van der Waals surface area contributed by atoms with Gasteiger partial charge in [-0.1, -0.05) is 24.3 Å². The number of aliphatic hydroxyl groups is 1. The number of aliphatic hydroxyl groups excluding tert-OH is 1. The lowest BCUT2D eigenvalue weighted by Gasteiger charge is -2.32. The van der Waals surface area contributed by atoms with Crippen LogP contribution < -0.4 is 10.2 Å². The highest BCUT2D eigenvalue weighted by atomic mass is 16.3. The second kappa shape index (κ2) is 10.0. The zero-order chi connectivity index (χ0) is 24.4. The smallest absolute Gasteiger partial charge is 0.225 e. The molecule has 2 aromatic carbocycles. The van der Waals surface area contributed by atoms with Crippen LogP contribution >= 0.6 is 0 Å². The minimum atomic E-state index is -0.371. The predicted octanol–water partition coefficient (Wildman–Crippen LogP) is 5.31. The predicted molar refractivity (Wildman–Crippen MR) is 139 cm³/mol. The molecular formula is C29H33N3O3. The second-order valence-corrected chi connectivity index (χ2v) is 9.59. The zero-order valence-corrected chi connectivity index (χ0v) is 20.4. The zero-order valence-electron chi connectivity index (χ0n) is 20.4. The Morgan fingerprint density at radius 3 is 2.66 bits per heavy atom. The van der Waals surface area contributed by atoms with E-state index in [0.29, 0.717) is 0 Å². The van der Waals surface area contributed by atoms with E-state index in [1.807, 2.05) is 43.5 Å². The molecule has 1 aliphatic heterocycles. The number of anilines is 1. The number of rotatable bonds is 7. The third-order valence-electron chi connectivity index (χ3n) is 6.91. The number of benzene rings is 2. The van der Waals surface area contributed by atoms with Gasteiger partial charge in [0.2, 0.25) is 5.91 Å². The molecule has 0 radical (unpaired) electrons. The molecule has 3 N–H and O–H groups in total. The molecule has 4 aromatic rings. The largest absolute Gasteiger partial charge is 0.464 e. The quantitative estimate of drug-likeness (QED) is 0.341. The van der Waals surface area contributed by atoms with E-state index in [2.05, 4.69) is 40.3 Å². The average Bonchev–Trinajstić information content (AvgIpc) is 3.48. The lowest BCUT2D eigenvalue weighted by Crippen LogP contribution is -2.34. The number of fused-ring (bicyclic) bond motifs is 1. The number of nitrogens with zero attached hydrogens (tertiary/aromatic N) is 1. The molecule has 0 saturated carbocycles. The van der Waals surface area contributed by atoms with E-state index in [0.717, 1.165) is 52.2 Å². The summed E-state index contributed by atoms with van der Waals surface area (Å²) in [6, 6.07) is 15.9. The summed E-state index contributed by atoms with van der Waals surface area (Å²) in [4.78, 5) is 18.9. The Morgan fingerprint density at radius 2 is 1.91 bits per heavy atom. The maximum absolute atomic E-state index is 13.3. The summed E-state index contributed by atoms with van der Waals surface area (Å²) in [5.41, 5.74) is 6.13. The Morgan fingerprint density at radius 1 is 1.09 bits per heavy atom. The summed E-state index contributed by atoms with van der Waals surface area (Å²) in [6.45, 7) is 6.08. The lowest BCUT2D eigenvalue weighted by atomic mass is 9.97. The van der Waals surface area contributed by atoms with E-state index in [-0.39, 0.29) is 25.0 Å². The standard InChI is InChI=1S/C29H33N3O3/c1-19-6-9-24(26(14-19)32-12-4-3-5-13-32)29(27-11-7-20(2)35-27)31-28(34)16-21-8-10-23-22(18-33)17-30-25(23)15-21/h6-11,14-15,17,29-30,33H,3-5,12-13,16,18H2,1-2H3,(H,31,34). The van der Waals surface area contributed by atoms with E-state index in [1.54, 1.807) is 0 Å². The van der Waals surface area contributed by atoms with Crippen LogP contribution in [-0.4, -0.2) is 29.1 Å². The van der Waals surface area contributed by atoms with Crippen LogP contribution in [0.5, 0.6) is 0 Å². The first kappa shape index (κ1) is 23.2. The normalized spacial score (nSPS) is 14.9. The first-order valence-electron chi connectivity index (χ1n) is 12.4. The van der Waals surface area contributed by atoms with Gasteiger partial charge in [0, 0.05) is 47.0 Å². The van der Waals surface area contributed by atoms with E-state index < -0.39 is 0 Å². The molecule has 0 aliphatic carbocycles. The Bertz CT molecular complexity index is 1330. The first-order valence-corrected chi connectivity index (χ1v) is 12.4. The van der Waals surface area contributed by atoms with Crippen LogP contribution in [0.15, 0.2) is 59.1 Å². The molecule has 1 atom stereocenters. The number of carbonyl (C=O) groups excluding carboxylic acids is 1. The van der Waals surface area contributed by atoms with Gasteiger partial charge in [-0.25, -0.2) is 0 Å². The minimum absolute atomic E-state index is 0.0139. The van der Waals surface area contributed by atoms with Gasteiger partial charge in [-0.2, -0.15) is 0 Å². The summed E-state index contributed by atoms with van der Waals surface area (Å²) < 4.78 is 6.03. The topological polar surface area (TPSA) is 81.5 Å². The number of furan rings is 1. The van der Waals surface area contributed by atoms with E-state index in [4.69, 9.17) is 4.42 Å². The lowest BCUT2D eigenvalue weighted by molar-refractivity contribution is -0.121. The van der Waals surface area contributed by atoms with Crippen molar-refractivity contribution in [1.29, 1.82) is 0 Å². The number of carbonyl (C=O) groups is 1. The fourth-order valence-electron chi connectivity index (χ4n) is 5.09. The molecule has 0 bridgehead atoms. The van der Waals surface area contributed by atoms with Gasteiger partial charge in [-0.3, -0.25) is 4.79 Å². The van der Waals surface area contributed by atoms with Crippen molar-refractivity contribution >= 4 is 22.5 Å². The fourth-order valence-corrected chi connectivity index (χ4v) is 5.09. The van der Waals surface area contributed by atoms with E-state index >= 15 is 0 Å². The third kappa shape index (κ3) is 4.98. The Kier molecular flexibility index (Phi) is 6.64. The van der Waals surface area contributed by atoms with Gasteiger partial charge in [0.25, 0.3) is 0 Å². The molecule has 182 valence electrons. The summed E-state index contributed by atoms with van der Waals surface area (Å²) in [7, 11) is 0. The monoisotopic (exact) mass is 471 g/mol. The molecule has 35 heavy (non-hydrogen) atoms. The van der Waals surface area contributed by atoms with E-state index in [1.165, 1.54) is 30.5 Å². The minimum Gasteiger partial charge on any atom is -0.464 e. The molecule has 5 rings (SSSR count). The van der Waals surface area contributed by atoms with Gasteiger partial charge >= 0.3 is 0 Å². The fraction of sp³-hybridized carbons (Fsp3) is 0.345. The highest BCUT2D eigenvalue weighted by molar-refractivity contribution is 5.86. The van der Waals surface area contributed by atoms with Gasteiger partial charge in [-0.15, -0.1) is 0 Å². The van der Waals surface area contributed by atoms with Gasteiger partial charge in [0.05, 0.1) is 13.0 Å². The van der Waals surface area contributed by atoms with Crippen molar-refractivity contribution in [1.82, 2.24) is 10.3 Å². The maximum Gasteiger partial charge on any atom is 0.225 e. The van der Waals surface area contributed by atoms with Crippen molar-refractivity contribution in [2.45, 2.75) is 52.2 Å². The Balaban J connectivity index is 1.44. The molecule has 1 aliphatic rings. The molecule has 1 saturated heterocycles. The summed E-state index contributed by atoms with van der Waals surface area (Å²) in [5, 5.41) is 13.7. The molecule has 6 nitrogen and oxygen atoms in total. The highest BCUT2D eigenvalue weighted by Gasteiger charge is 2.26. The number of aromatic nitrogens is 1. The molecule has 2 aromatic heterocycles. The number of hydrogen-bond acceptors (Lipinski definition) is 4. The number of H-pyrrole nitrogens is 1. The number of nitrogens with one attached hydrogen (secondary N) is 2. The number of piperidine rings is 1. The van der Waals surface area contributed by atoms with E-state index in [9.17, 15) is 9.90 Å². The Hall–Kier alpha value is -3.51. The van der Waals surface area contributed by atoms with Crippen molar-refractivity contribution in [3.63, 3.8) is 0 Å². The van der Waals surface area contributed by atoms with Crippen molar-refractivity contribution in [2.75, 3.05) is 18.0 Å². The van der Waals surface area contributed by atoms with Crippen molar-refractivity contribution in [3.05, 3.63) is 88.5 Å². The highest BCUT2D eigenvalue weighted by Crippen LogP contribution is 2.34. The molecule has 1 amide bonds. The van der Waals surface area contributed by atoms with Crippen molar-refractivity contribution in [3.8, 4) is 0 Å². The first-order chi connectivity index (χ1) is 17.0. The van der Waals surface area contributed by atoms with Crippen LogP contribution in [0.3, 0.4) is 0 Å². The summed E-state index contributed by atoms with van der Waals surface area (Å²) in [5.74, 6) is 1.50. The summed E-state index contributed by atoms with van der Waals surface area (Å²) in [6.07, 6.45) is 5.70. The molecule has 1 unspecified atom stereocenters. The van der Waals surface area contributed by atoms with Crippen LogP contribution in [0, 0.1) is 13.8 Å².